The van der Waals surface area contributed by atoms with Gasteiger partial charge in [0.1, 0.15) is 25.3 Å². The fourth-order valence-electron chi connectivity index (χ4n) is 4.26. The quantitative estimate of drug-likeness (QED) is 0.762. The second kappa shape index (κ2) is 5.63. The van der Waals surface area contributed by atoms with Crippen molar-refractivity contribution < 1.29 is 19.1 Å². The molecule has 1 aromatic carbocycles. The summed E-state index contributed by atoms with van der Waals surface area (Å²) in [5.41, 5.74) is -0.0660. The summed E-state index contributed by atoms with van der Waals surface area (Å²) in [5.74, 6) is 1.02. The fraction of sp³-hybridized carbons (Fsp3) is 0.526. The number of hydrogen-bond acceptors (Lipinski definition) is 5. The van der Waals surface area contributed by atoms with E-state index in [0.717, 1.165) is 5.56 Å². The number of carbonyl (C=O) groups is 2. The topological polar surface area (TPSA) is 82.9 Å². The predicted molar refractivity (Wildman–Crippen MR) is 91.4 cm³/mol. The minimum atomic E-state index is -0.857. The predicted octanol–water partition coefficient (Wildman–Crippen LogP) is 1.49. The number of likely N-dealkylation sites (N-methyl/N-ethyl adjacent to an activating group) is 1. The number of fused-ring (bicyclic) bond motifs is 2. The van der Waals surface area contributed by atoms with E-state index in [1.165, 1.54) is 4.90 Å². The molecule has 3 heterocycles. The number of hydrogen-bond donors (Lipinski definition) is 0. The number of piperazine rings is 1. The van der Waals surface area contributed by atoms with Gasteiger partial charge in [-0.05, 0) is 38.0 Å². The third kappa shape index (κ3) is 2.18. The molecule has 136 valence electrons. The van der Waals surface area contributed by atoms with E-state index in [9.17, 15) is 14.9 Å². The van der Waals surface area contributed by atoms with Crippen molar-refractivity contribution in [1.82, 2.24) is 9.80 Å². The van der Waals surface area contributed by atoms with Gasteiger partial charge in [-0.3, -0.25) is 9.59 Å². The Hall–Kier alpha value is -2.75. The van der Waals surface area contributed by atoms with Crippen molar-refractivity contribution in [3.63, 3.8) is 0 Å². The summed E-state index contributed by atoms with van der Waals surface area (Å²) in [6.45, 7) is 4.50. The Labute approximate surface area is 152 Å². The average molecular weight is 355 g/mol. The molecular weight excluding hydrogens is 334 g/mol. The summed E-state index contributed by atoms with van der Waals surface area (Å²) in [6, 6.07) is 6.21. The van der Waals surface area contributed by atoms with Crippen LogP contribution >= 0.6 is 0 Å². The standard InChI is InChI=1S/C19H21N3O4/c1-11-17(23)22-13(18(24)21(11)3)9-19(2,10-20)16(22)12-4-5-14-15(8-12)26-7-6-25-14/h4-5,8,11,13,16H,6-7,9H2,1-3H3/t11-,13+,16?,19-/m1/s1. The molecule has 2 fully saturated rings. The summed E-state index contributed by atoms with van der Waals surface area (Å²) in [4.78, 5) is 28.9. The van der Waals surface area contributed by atoms with Gasteiger partial charge in [-0.15, -0.1) is 0 Å². The molecule has 1 aromatic rings. The van der Waals surface area contributed by atoms with E-state index in [2.05, 4.69) is 6.07 Å². The maximum Gasteiger partial charge on any atom is 0.246 e. The van der Waals surface area contributed by atoms with Gasteiger partial charge in [-0.25, -0.2) is 0 Å². The fourth-order valence-corrected chi connectivity index (χ4v) is 4.26. The van der Waals surface area contributed by atoms with E-state index in [4.69, 9.17) is 9.47 Å². The maximum atomic E-state index is 13.0. The molecule has 0 radical (unpaired) electrons. The Kier molecular flexibility index (Phi) is 3.62. The molecule has 0 spiro atoms. The second-order valence-corrected chi connectivity index (χ2v) is 7.43. The summed E-state index contributed by atoms with van der Waals surface area (Å²) in [5, 5.41) is 9.88. The van der Waals surface area contributed by atoms with Crippen LogP contribution in [0.25, 0.3) is 0 Å². The number of nitriles is 1. The molecule has 3 aliphatic heterocycles. The van der Waals surface area contributed by atoms with Crippen LogP contribution in [-0.2, 0) is 9.59 Å². The van der Waals surface area contributed by atoms with Crippen LogP contribution in [0.3, 0.4) is 0 Å². The van der Waals surface area contributed by atoms with Gasteiger partial charge in [0.25, 0.3) is 0 Å². The monoisotopic (exact) mass is 355 g/mol. The molecule has 26 heavy (non-hydrogen) atoms. The highest BCUT2D eigenvalue weighted by molar-refractivity contribution is 5.97. The number of carbonyl (C=O) groups excluding carboxylic acids is 2. The van der Waals surface area contributed by atoms with Crippen LogP contribution in [0.1, 0.15) is 31.9 Å². The van der Waals surface area contributed by atoms with Crippen molar-refractivity contribution in [3.05, 3.63) is 23.8 Å². The van der Waals surface area contributed by atoms with Crippen molar-refractivity contribution in [2.45, 2.75) is 38.4 Å². The average Bonchev–Trinajstić information content (AvgIpc) is 2.98. The highest BCUT2D eigenvalue weighted by Crippen LogP contribution is 2.52. The lowest BCUT2D eigenvalue weighted by Crippen LogP contribution is -2.60. The molecule has 4 atom stereocenters. The lowest BCUT2D eigenvalue weighted by molar-refractivity contribution is -0.159. The summed E-state index contributed by atoms with van der Waals surface area (Å²) in [6.07, 6.45) is 0.324. The van der Waals surface area contributed by atoms with Gasteiger partial charge in [0.15, 0.2) is 11.5 Å². The molecule has 0 aliphatic carbocycles. The highest BCUT2D eigenvalue weighted by atomic mass is 16.6. The number of benzene rings is 1. The highest BCUT2D eigenvalue weighted by Gasteiger charge is 2.58. The van der Waals surface area contributed by atoms with E-state index < -0.39 is 23.5 Å². The molecule has 0 aromatic heterocycles. The van der Waals surface area contributed by atoms with Crippen molar-refractivity contribution in [3.8, 4) is 17.6 Å². The third-order valence-electron chi connectivity index (χ3n) is 5.80. The normalized spacial score (nSPS) is 33.1. The van der Waals surface area contributed by atoms with Gasteiger partial charge in [-0.1, -0.05) is 6.07 Å². The van der Waals surface area contributed by atoms with Crippen LogP contribution in [0.4, 0.5) is 0 Å². The van der Waals surface area contributed by atoms with Crippen molar-refractivity contribution in [2.75, 3.05) is 20.3 Å². The zero-order valence-electron chi connectivity index (χ0n) is 15.1. The minimum Gasteiger partial charge on any atom is -0.486 e. The lowest BCUT2D eigenvalue weighted by Gasteiger charge is -2.42. The van der Waals surface area contributed by atoms with Crippen LogP contribution < -0.4 is 9.47 Å². The van der Waals surface area contributed by atoms with Crippen LogP contribution in [0.2, 0.25) is 0 Å². The van der Waals surface area contributed by atoms with Crippen LogP contribution in [-0.4, -0.2) is 54.0 Å². The largest absolute Gasteiger partial charge is 0.486 e. The van der Waals surface area contributed by atoms with Gasteiger partial charge in [0, 0.05) is 7.05 Å². The Morgan fingerprint density at radius 2 is 1.88 bits per heavy atom. The molecule has 7 nitrogen and oxygen atoms in total. The first-order chi connectivity index (χ1) is 12.4. The number of rotatable bonds is 1. The second-order valence-electron chi connectivity index (χ2n) is 7.43. The molecule has 7 heteroatoms. The van der Waals surface area contributed by atoms with Gasteiger partial charge >= 0.3 is 0 Å². The van der Waals surface area contributed by atoms with Gasteiger partial charge in [0.2, 0.25) is 11.8 Å². The summed E-state index contributed by atoms with van der Waals surface area (Å²) >= 11 is 0. The number of amides is 2. The van der Waals surface area contributed by atoms with Crippen molar-refractivity contribution >= 4 is 11.8 Å². The molecule has 2 amide bonds. The van der Waals surface area contributed by atoms with E-state index >= 15 is 0 Å². The third-order valence-corrected chi connectivity index (χ3v) is 5.80. The molecular formula is C19H21N3O4. The van der Waals surface area contributed by atoms with E-state index in [1.807, 2.05) is 19.1 Å². The smallest absolute Gasteiger partial charge is 0.246 e. The zero-order valence-corrected chi connectivity index (χ0v) is 15.1. The number of ether oxygens (including phenoxy) is 2. The first-order valence-electron chi connectivity index (χ1n) is 8.77. The maximum absolute atomic E-state index is 13.0. The van der Waals surface area contributed by atoms with Crippen LogP contribution in [0.5, 0.6) is 11.5 Å². The van der Waals surface area contributed by atoms with E-state index in [0.29, 0.717) is 31.1 Å². The van der Waals surface area contributed by atoms with E-state index in [1.54, 1.807) is 24.9 Å². The van der Waals surface area contributed by atoms with Gasteiger partial charge < -0.3 is 19.3 Å². The molecule has 0 bridgehead atoms. The molecule has 4 rings (SSSR count). The first-order valence-corrected chi connectivity index (χ1v) is 8.77. The Morgan fingerprint density at radius 3 is 2.58 bits per heavy atom. The lowest BCUT2D eigenvalue weighted by atomic mass is 9.79. The molecule has 3 aliphatic rings. The molecule has 0 saturated carbocycles. The van der Waals surface area contributed by atoms with Crippen LogP contribution in [0, 0.1) is 16.7 Å². The summed E-state index contributed by atoms with van der Waals surface area (Å²) in [7, 11) is 1.64. The van der Waals surface area contributed by atoms with E-state index in [-0.39, 0.29) is 11.8 Å². The van der Waals surface area contributed by atoms with Gasteiger partial charge in [-0.2, -0.15) is 5.26 Å². The first kappa shape index (κ1) is 16.7. The Balaban J connectivity index is 1.82. The number of nitrogens with zero attached hydrogens (tertiary/aromatic N) is 3. The minimum absolute atomic E-state index is 0.112. The van der Waals surface area contributed by atoms with Gasteiger partial charge in [0.05, 0.1) is 17.5 Å². The molecule has 2 saturated heterocycles. The molecule has 0 N–H and O–H groups in total. The Bertz CT molecular complexity index is 833. The van der Waals surface area contributed by atoms with Crippen molar-refractivity contribution in [2.24, 2.45) is 5.41 Å². The molecule has 1 unspecified atom stereocenters. The van der Waals surface area contributed by atoms with Crippen LogP contribution in [0.15, 0.2) is 18.2 Å². The van der Waals surface area contributed by atoms with Crippen molar-refractivity contribution in [1.29, 1.82) is 5.26 Å². The SMILES string of the molecule is C[C@@H]1C(=O)N2C(c3ccc4c(c3)OCCO4)[C@@](C)(C#N)C[C@H]2C(=O)N1C. The Morgan fingerprint density at radius 1 is 1.19 bits per heavy atom. The summed E-state index contributed by atoms with van der Waals surface area (Å²) < 4.78 is 11.2. The zero-order chi connectivity index (χ0) is 18.6.